The van der Waals surface area contributed by atoms with E-state index in [-0.39, 0.29) is 17.8 Å². The van der Waals surface area contributed by atoms with Crippen molar-refractivity contribution >= 4 is 22.8 Å². The standard InChI is InChI=1S/C16H17NO4/c1-20-16(19)11-4-5-14-13(8-11)12(9-21-14)6-7-17-15(18)10-2-3-10/h4-5,8-10H,2-3,6-7H2,1H3,(H,17,18). The normalized spacial score (nSPS) is 14.1. The van der Waals surface area contributed by atoms with Gasteiger partial charge < -0.3 is 14.5 Å². The van der Waals surface area contributed by atoms with E-state index in [1.165, 1.54) is 7.11 Å². The van der Waals surface area contributed by atoms with E-state index in [2.05, 4.69) is 5.32 Å². The molecule has 1 aromatic carbocycles. The van der Waals surface area contributed by atoms with E-state index in [1.807, 2.05) is 0 Å². The average molecular weight is 287 g/mol. The average Bonchev–Trinajstić information content (AvgIpc) is 3.28. The summed E-state index contributed by atoms with van der Waals surface area (Å²) in [7, 11) is 1.36. The van der Waals surface area contributed by atoms with E-state index in [0.717, 1.165) is 29.4 Å². The molecule has 5 nitrogen and oxygen atoms in total. The third-order valence-corrected chi connectivity index (χ3v) is 3.72. The molecule has 1 amide bonds. The molecule has 1 aliphatic carbocycles. The van der Waals surface area contributed by atoms with Crippen LogP contribution in [0.3, 0.4) is 0 Å². The number of carbonyl (C=O) groups excluding carboxylic acids is 2. The molecule has 0 radical (unpaired) electrons. The molecule has 1 fully saturated rings. The number of carbonyl (C=O) groups is 2. The van der Waals surface area contributed by atoms with Crippen LogP contribution in [-0.2, 0) is 16.0 Å². The molecule has 0 unspecified atom stereocenters. The highest BCUT2D eigenvalue weighted by Gasteiger charge is 2.29. The molecule has 0 bridgehead atoms. The first-order valence-corrected chi connectivity index (χ1v) is 7.05. The van der Waals surface area contributed by atoms with E-state index in [9.17, 15) is 9.59 Å². The minimum Gasteiger partial charge on any atom is -0.465 e. The Bertz CT molecular complexity index is 685. The van der Waals surface area contributed by atoms with Gasteiger partial charge in [-0.3, -0.25) is 4.79 Å². The molecule has 1 heterocycles. The van der Waals surface area contributed by atoms with Crippen LogP contribution in [0.1, 0.15) is 28.8 Å². The molecular weight excluding hydrogens is 270 g/mol. The number of rotatable bonds is 5. The number of furan rings is 1. The Morgan fingerprint density at radius 3 is 2.90 bits per heavy atom. The predicted octanol–water partition coefficient (Wildman–Crippen LogP) is 2.29. The quantitative estimate of drug-likeness (QED) is 0.857. The fraction of sp³-hybridized carbons (Fsp3) is 0.375. The maximum Gasteiger partial charge on any atom is 0.337 e. The number of esters is 1. The van der Waals surface area contributed by atoms with Gasteiger partial charge in [-0.1, -0.05) is 0 Å². The van der Waals surface area contributed by atoms with Gasteiger partial charge in [0, 0.05) is 17.8 Å². The zero-order chi connectivity index (χ0) is 14.8. The lowest BCUT2D eigenvalue weighted by Gasteiger charge is -2.03. The van der Waals surface area contributed by atoms with Crippen LogP contribution in [0.25, 0.3) is 11.0 Å². The molecule has 5 heteroatoms. The van der Waals surface area contributed by atoms with Gasteiger partial charge in [0.2, 0.25) is 5.91 Å². The van der Waals surface area contributed by atoms with Crippen LogP contribution in [0.4, 0.5) is 0 Å². The van der Waals surface area contributed by atoms with Crippen molar-refractivity contribution < 1.29 is 18.7 Å². The number of hydrogen-bond donors (Lipinski definition) is 1. The van der Waals surface area contributed by atoms with E-state index in [0.29, 0.717) is 18.5 Å². The molecule has 0 aliphatic heterocycles. The summed E-state index contributed by atoms with van der Waals surface area (Å²) < 4.78 is 10.2. The summed E-state index contributed by atoms with van der Waals surface area (Å²) in [6.45, 7) is 0.576. The largest absolute Gasteiger partial charge is 0.465 e. The van der Waals surface area contributed by atoms with Gasteiger partial charge in [-0.15, -0.1) is 0 Å². The molecular formula is C16H17NO4. The van der Waals surface area contributed by atoms with Gasteiger partial charge in [-0.05, 0) is 43.0 Å². The maximum absolute atomic E-state index is 11.6. The van der Waals surface area contributed by atoms with Crippen molar-refractivity contribution in [3.63, 3.8) is 0 Å². The summed E-state index contributed by atoms with van der Waals surface area (Å²) in [5.74, 6) is -0.0128. The van der Waals surface area contributed by atoms with Gasteiger partial charge >= 0.3 is 5.97 Å². The summed E-state index contributed by atoms with van der Waals surface area (Å²) in [6, 6.07) is 5.20. The summed E-state index contributed by atoms with van der Waals surface area (Å²) >= 11 is 0. The third-order valence-electron chi connectivity index (χ3n) is 3.72. The van der Waals surface area contributed by atoms with E-state index < -0.39 is 0 Å². The fourth-order valence-corrected chi connectivity index (χ4v) is 2.33. The molecule has 110 valence electrons. The molecule has 2 aromatic rings. The summed E-state index contributed by atoms with van der Waals surface area (Å²) in [6.07, 6.45) is 4.36. The Labute approximate surface area is 122 Å². The Balaban J connectivity index is 1.71. The van der Waals surface area contributed by atoms with Gasteiger partial charge in [-0.25, -0.2) is 4.79 Å². The van der Waals surface area contributed by atoms with Gasteiger partial charge in [0.1, 0.15) is 5.58 Å². The highest BCUT2D eigenvalue weighted by atomic mass is 16.5. The highest BCUT2D eigenvalue weighted by Crippen LogP contribution is 2.28. The summed E-state index contributed by atoms with van der Waals surface area (Å²) in [5.41, 5.74) is 2.20. The minimum absolute atomic E-state index is 0.137. The van der Waals surface area contributed by atoms with Crippen LogP contribution in [0.15, 0.2) is 28.9 Å². The van der Waals surface area contributed by atoms with Crippen LogP contribution in [0.5, 0.6) is 0 Å². The van der Waals surface area contributed by atoms with Gasteiger partial charge in [0.15, 0.2) is 0 Å². The number of nitrogens with one attached hydrogen (secondary N) is 1. The van der Waals surface area contributed by atoms with Crippen molar-refractivity contribution in [1.29, 1.82) is 0 Å². The number of hydrogen-bond acceptors (Lipinski definition) is 4. The first-order chi connectivity index (χ1) is 10.2. The first-order valence-electron chi connectivity index (χ1n) is 7.05. The lowest BCUT2D eigenvalue weighted by atomic mass is 10.1. The second-order valence-corrected chi connectivity index (χ2v) is 5.28. The highest BCUT2D eigenvalue weighted by molar-refractivity contribution is 5.95. The van der Waals surface area contributed by atoms with Gasteiger partial charge in [-0.2, -0.15) is 0 Å². The Hall–Kier alpha value is -2.30. The zero-order valence-electron chi connectivity index (χ0n) is 11.8. The second-order valence-electron chi connectivity index (χ2n) is 5.28. The zero-order valence-corrected chi connectivity index (χ0v) is 11.8. The Morgan fingerprint density at radius 2 is 2.19 bits per heavy atom. The van der Waals surface area contributed by atoms with Gasteiger partial charge in [0.25, 0.3) is 0 Å². The van der Waals surface area contributed by atoms with Gasteiger partial charge in [0.05, 0.1) is 18.9 Å². The number of benzene rings is 1. The molecule has 0 saturated heterocycles. The van der Waals surface area contributed by atoms with Crippen molar-refractivity contribution in [2.75, 3.05) is 13.7 Å². The van der Waals surface area contributed by atoms with Crippen molar-refractivity contribution in [1.82, 2.24) is 5.32 Å². The first kappa shape index (κ1) is 13.7. The lowest BCUT2D eigenvalue weighted by Crippen LogP contribution is -2.26. The molecule has 0 spiro atoms. The molecule has 0 atom stereocenters. The fourth-order valence-electron chi connectivity index (χ4n) is 2.33. The van der Waals surface area contributed by atoms with E-state index in [4.69, 9.17) is 9.15 Å². The number of ether oxygens (including phenoxy) is 1. The molecule has 1 N–H and O–H groups in total. The topological polar surface area (TPSA) is 68.5 Å². The number of methoxy groups -OCH3 is 1. The second kappa shape index (κ2) is 5.60. The van der Waals surface area contributed by atoms with Crippen molar-refractivity contribution in [2.24, 2.45) is 5.92 Å². The molecule has 1 saturated carbocycles. The third kappa shape index (κ3) is 2.91. The van der Waals surface area contributed by atoms with Crippen molar-refractivity contribution in [3.8, 4) is 0 Å². The predicted molar refractivity (Wildman–Crippen MR) is 77.0 cm³/mol. The maximum atomic E-state index is 11.6. The molecule has 3 rings (SSSR count). The Kier molecular flexibility index (Phi) is 3.64. The summed E-state index contributed by atoms with van der Waals surface area (Å²) in [5, 5.41) is 3.81. The van der Waals surface area contributed by atoms with Crippen LogP contribution in [0, 0.1) is 5.92 Å². The SMILES string of the molecule is COC(=O)c1ccc2occ(CCNC(=O)C3CC3)c2c1. The minimum atomic E-state index is -0.369. The lowest BCUT2D eigenvalue weighted by molar-refractivity contribution is -0.122. The molecule has 1 aliphatic rings. The van der Waals surface area contributed by atoms with Crippen molar-refractivity contribution in [3.05, 3.63) is 35.6 Å². The van der Waals surface area contributed by atoms with E-state index >= 15 is 0 Å². The molecule has 1 aromatic heterocycles. The number of fused-ring (bicyclic) bond motifs is 1. The number of amides is 1. The van der Waals surface area contributed by atoms with Crippen molar-refractivity contribution in [2.45, 2.75) is 19.3 Å². The molecule has 21 heavy (non-hydrogen) atoms. The smallest absolute Gasteiger partial charge is 0.337 e. The van der Waals surface area contributed by atoms with Crippen LogP contribution in [-0.4, -0.2) is 25.5 Å². The summed E-state index contributed by atoms with van der Waals surface area (Å²) in [4.78, 5) is 23.1. The Morgan fingerprint density at radius 1 is 1.38 bits per heavy atom. The van der Waals surface area contributed by atoms with Crippen LogP contribution in [0.2, 0.25) is 0 Å². The van der Waals surface area contributed by atoms with E-state index in [1.54, 1.807) is 24.5 Å². The monoisotopic (exact) mass is 287 g/mol. The van der Waals surface area contributed by atoms with Crippen LogP contribution >= 0.6 is 0 Å². The van der Waals surface area contributed by atoms with Crippen LogP contribution < -0.4 is 5.32 Å².